The second-order valence-corrected chi connectivity index (χ2v) is 13.9. The molecule has 0 heterocycles. The largest absolute Gasteiger partial charge is 0.478 e. The minimum absolute atomic E-state index is 0.0956. The van der Waals surface area contributed by atoms with Crippen LogP contribution in [0.1, 0.15) is 113 Å². The van der Waals surface area contributed by atoms with Crippen LogP contribution in [0.25, 0.3) is 0 Å². The molecule has 37 heavy (non-hydrogen) atoms. The van der Waals surface area contributed by atoms with Crippen LogP contribution in [0.2, 0.25) is 0 Å². The van der Waals surface area contributed by atoms with Crippen molar-refractivity contribution in [1.29, 1.82) is 0 Å². The van der Waals surface area contributed by atoms with Crippen molar-refractivity contribution < 1.29 is 24.2 Å². The average Bonchev–Trinajstić information content (AvgIpc) is 3.09. The van der Waals surface area contributed by atoms with E-state index in [2.05, 4.69) is 41.5 Å². The maximum absolute atomic E-state index is 12.9. The molecule has 0 aliphatic heterocycles. The number of ether oxygens (including phenoxy) is 1. The maximum atomic E-state index is 12.9. The van der Waals surface area contributed by atoms with Gasteiger partial charge in [-0.1, -0.05) is 58.8 Å². The topological polar surface area (TPSA) is 80.7 Å². The van der Waals surface area contributed by atoms with E-state index in [1.54, 1.807) is 24.1 Å². The van der Waals surface area contributed by atoms with Crippen molar-refractivity contribution >= 4 is 17.7 Å². The standard InChI is InChI=1S/C32H48O5/c1-19(28(35)36)9-11-25(37-21(3)33)20(2)22-13-17-32(8)24-10-12-26-29(4,5)27(34)15-16-30(26,6)23(24)14-18-31(22,32)7/h9,20,22,25-26H,10-18H2,1-8H3,(H,35,36)/b19-9+/t20-,22+,25+,26-,30+,31+,32-/m0/s1. The average molecular weight is 513 g/mol. The van der Waals surface area contributed by atoms with Crippen LogP contribution in [0, 0.1) is 39.4 Å². The molecule has 2 saturated carbocycles. The van der Waals surface area contributed by atoms with Gasteiger partial charge in [0, 0.05) is 30.8 Å². The van der Waals surface area contributed by atoms with E-state index in [1.165, 1.54) is 6.92 Å². The number of carbonyl (C=O) groups is 3. The summed E-state index contributed by atoms with van der Waals surface area (Å²) in [6.07, 6.45) is 10.1. The zero-order valence-corrected chi connectivity index (χ0v) is 24.3. The number of hydrogen-bond donors (Lipinski definition) is 1. The molecule has 4 aliphatic rings. The molecule has 0 aromatic heterocycles. The molecule has 4 rings (SSSR count). The summed E-state index contributed by atoms with van der Waals surface area (Å²) in [6.45, 7) is 17.0. The first-order valence-electron chi connectivity index (χ1n) is 14.4. The quantitative estimate of drug-likeness (QED) is 0.229. The second kappa shape index (κ2) is 9.38. The molecule has 1 N–H and O–H groups in total. The van der Waals surface area contributed by atoms with Crippen LogP contribution < -0.4 is 0 Å². The molecule has 4 aliphatic carbocycles. The molecule has 0 radical (unpaired) electrons. The van der Waals surface area contributed by atoms with Gasteiger partial charge in [0.1, 0.15) is 11.9 Å². The van der Waals surface area contributed by atoms with Gasteiger partial charge in [0.15, 0.2) is 0 Å². The molecule has 0 amide bonds. The Hall–Kier alpha value is -1.91. The van der Waals surface area contributed by atoms with Crippen molar-refractivity contribution in [1.82, 2.24) is 0 Å². The van der Waals surface area contributed by atoms with Gasteiger partial charge in [-0.3, -0.25) is 9.59 Å². The van der Waals surface area contributed by atoms with Gasteiger partial charge < -0.3 is 9.84 Å². The maximum Gasteiger partial charge on any atom is 0.330 e. The van der Waals surface area contributed by atoms with Crippen LogP contribution in [0.5, 0.6) is 0 Å². The lowest BCUT2D eigenvalue weighted by Gasteiger charge is -2.61. The van der Waals surface area contributed by atoms with Gasteiger partial charge in [0.25, 0.3) is 0 Å². The smallest absolute Gasteiger partial charge is 0.330 e. The lowest BCUT2D eigenvalue weighted by atomic mass is 9.43. The van der Waals surface area contributed by atoms with Gasteiger partial charge in [0.2, 0.25) is 0 Å². The van der Waals surface area contributed by atoms with Crippen LogP contribution in [0.15, 0.2) is 22.8 Å². The van der Waals surface area contributed by atoms with Crippen LogP contribution in [0.3, 0.4) is 0 Å². The van der Waals surface area contributed by atoms with Crippen LogP contribution in [-0.2, 0) is 19.1 Å². The van der Waals surface area contributed by atoms with E-state index >= 15 is 0 Å². The molecule has 5 nitrogen and oxygen atoms in total. The summed E-state index contributed by atoms with van der Waals surface area (Å²) in [4.78, 5) is 36.3. The summed E-state index contributed by atoms with van der Waals surface area (Å²) in [7, 11) is 0. The van der Waals surface area contributed by atoms with Crippen LogP contribution >= 0.6 is 0 Å². The fraction of sp³-hybridized carbons (Fsp3) is 0.781. The predicted molar refractivity (Wildman–Crippen MR) is 145 cm³/mol. The van der Waals surface area contributed by atoms with Crippen molar-refractivity contribution in [3.63, 3.8) is 0 Å². The van der Waals surface area contributed by atoms with Crippen LogP contribution in [0.4, 0.5) is 0 Å². The highest BCUT2D eigenvalue weighted by molar-refractivity contribution is 5.86. The van der Waals surface area contributed by atoms with E-state index < -0.39 is 5.97 Å². The fourth-order valence-electron chi connectivity index (χ4n) is 9.60. The van der Waals surface area contributed by atoms with Crippen molar-refractivity contribution in [3.05, 3.63) is 22.8 Å². The minimum Gasteiger partial charge on any atom is -0.478 e. The lowest BCUT2D eigenvalue weighted by molar-refractivity contribution is -0.151. The lowest BCUT2D eigenvalue weighted by Crippen LogP contribution is -2.54. The Labute approximate surface area is 223 Å². The molecule has 7 atom stereocenters. The molecule has 0 bridgehead atoms. The monoisotopic (exact) mass is 512 g/mol. The number of esters is 1. The van der Waals surface area contributed by atoms with E-state index in [-0.39, 0.29) is 45.2 Å². The third-order valence-corrected chi connectivity index (χ3v) is 12.1. The summed E-state index contributed by atoms with van der Waals surface area (Å²) in [5, 5.41) is 9.32. The fourth-order valence-corrected chi connectivity index (χ4v) is 9.60. The molecular formula is C32H48O5. The summed E-state index contributed by atoms with van der Waals surface area (Å²) in [5.74, 6) is 0.140. The third-order valence-electron chi connectivity index (χ3n) is 12.1. The van der Waals surface area contributed by atoms with Crippen LogP contribution in [-0.4, -0.2) is 28.9 Å². The van der Waals surface area contributed by atoms with Gasteiger partial charge in [-0.15, -0.1) is 0 Å². The number of rotatable bonds is 6. The van der Waals surface area contributed by atoms with Crippen molar-refractivity contribution in [2.75, 3.05) is 0 Å². The summed E-state index contributed by atoms with van der Waals surface area (Å²) < 4.78 is 5.82. The molecule has 2 fully saturated rings. The van der Waals surface area contributed by atoms with Crippen molar-refractivity contribution in [2.45, 2.75) is 119 Å². The first-order valence-corrected chi connectivity index (χ1v) is 14.4. The Morgan fingerprint density at radius 3 is 2.30 bits per heavy atom. The Morgan fingerprint density at radius 1 is 1.00 bits per heavy atom. The van der Waals surface area contributed by atoms with E-state index in [0.717, 1.165) is 44.9 Å². The molecule has 0 unspecified atom stereocenters. The Balaban J connectivity index is 1.67. The molecule has 206 valence electrons. The summed E-state index contributed by atoms with van der Waals surface area (Å²) in [6, 6.07) is 0. The second-order valence-electron chi connectivity index (χ2n) is 13.9. The van der Waals surface area contributed by atoms with Crippen molar-refractivity contribution in [2.24, 2.45) is 39.4 Å². The summed E-state index contributed by atoms with van der Waals surface area (Å²) in [5.41, 5.74) is 3.68. The first-order chi connectivity index (χ1) is 17.1. The molecular weight excluding hydrogens is 464 g/mol. The number of Topliss-reactive ketones (excluding diaryl/α,β-unsaturated/α-hetero) is 1. The Morgan fingerprint density at radius 2 is 1.68 bits per heavy atom. The number of carboxylic acid groups (broad SMARTS) is 1. The number of carbonyl (C=O) groups excluding carboxylic acids is 2. The Bertz CT molecular complexity index is 1050. The van der Waals surface area contributed by atoms with Crippen molar-refractivity contribution in [3.8, 4) is 0 Å². The Kier molecular flexibility index (Phi) is 7.12. The zero-order chi connectivity index (χ0) is 27.6. The van der Waals surface area contributed by atoms with E-state index in [0.29, 0.717) is 30.5 Å². The van der Waals surface area contributed by atoms with Gasteiger partial charge in [-0.05, 0) is 85.9 Å². The number of carboxylic acids is 1. The van der Waals surface area contributed by atoms with E-state index in [4.69, 9.17) is 4.74 Å². The zero-order valence-electron chi connectivity index (χ0n) is 24.3. The van der Waals surface area contributed by atoms with Gasteiger partial charge in [-0.25, -0.2) is 4.79 Å². The molecule has 0 spiro atoms. The molecule has 0 saturated heterocycles. The predicted octanol–water partition coefficient (Wildman–Crippen LogP) is 7.29. The number of allylic oxidation sites excluding steroid dienone is 2. The van der Waals surface area contributed by atoms with Gasteiger partial charge >= 0.3 is 11.9 Å². The number of hydrogen-bond acceptors (Lipinski definition) is 4. The molecule has 5 heteroatoms. The highest BCUT2D eigenvalue weighted by Crippen LogP contribution is 2.72. The number of aliphatic carboxylic acids is 1. The van der Waals surface area contributed by atoms with Gasteiger partial charge in [0.05, 0.1) is 0 Å². The normalized spacial score (nSPS) is 38.8. The first kappa shape index (κ1) is 28.1. The molecule has 0 aromatic carbocycles. The van der Waals surface area contributed by atoms with E-state index in [1.807, 2.05) is 0 Å². The third kappa shape index (κ3) is 4.23. The van der Waals surface area contributed by atoms with E-state index in [9.17, 15) is 19.5 Å². The number of ketones is 1. The van der Waals surface area contributed by atoms with Gasteiger partial charge in [-0.2, -0.15) is 0 Å². The number of fused-ring (bicyclic) bond motifs is 4. The highest BCUT2D eigenvalue weighted by atomic mass is 16.5. The molecule has 0 aromatic rings. The summed E-state index contributed by atoms with van der Waals surface area (Å²) >= 11 is 0. The SMILES string of the molecule is CC(=O)O[C@H](C/C=C(\C)C(=O)O)[C@@H](C)[C@H]1CC[C@@]2(C)C3=C(CC[C@]12C)[C@@]1(C)CCC(=O)C(C)(C)[C@@H]1CC3. The minimum atomic E-state index is -0.932. The highest BCUT2D eigenvalue weighted by Gasteiger charge is 2.63.